The van der Waals surface area contributed by atoms with Gasteiger partial charge < -0.3 is 15.4 Å². The van der Waals surface area contributed by atoms with Crippen molar-refractivity contribution in [2.24, 2.45) is 10.7 Å². The minimum Gasteiger partial charge on any atom is -0.378 e. The van der Waals surface area contributed by atoms with E-state index in [0.717, 1.165) is 15.1 Å². The van der Waals surface area contributed by atoms with Gasteiger partial charge in [-0.1, -0.05) is 80.9 Å². The van der Waals surface area contributed by atoms with E-state index in [1.165, 1.54) is 24.4 Å². The van der Waals surface area contributed by atoms with Crippen LogP contribution in [0.3, 0.4) is 0 Å². The maximum absolute atomic E-state index is 15.2. The molecule has 1 unspecified atom stereocenters. The predicted molar refractivity (Wildman–Crippen MR) is 160 cm³/mol. The third kappa shape index (κ3) is 6.66. The summed E-state index contributed by atoms with van der Waals surface area (Å²) >= 11 is 0. The number of benzene rings is 3. The van der Waals surface area contributed by atoms with Gasteiger partial charge in [0.05, 0.1) is 23.8 Å². The van der Waals surface area contributed by atoms with Crippen LogP contribution in [0, 0.1) is 12.7 Å². The highest BCUT2D eigenvalue weighted by atomic mass is 32.2. The van der Waals surface area contributed by atoms with Gasteiger partial charge in [-0.3, -0.25) is 0 Å². The number of guanidine groups is 1. The van der Waals surface area contributed by atoms with Crippen molar-refractivity contribution in [1.82, 2.24) is 13.9 Å². The molecule has 41 heavy (non-hydrogen) atoms. The fourth-order valence-corrected chi connectivity index (χ4v) is 5.71. The number of hydrogen-bond acceptors (Lipinski definition) is 5. The molecular formula is C31H36FN5O3S. The molecule has 0 aliphatic carbocycles. The van der Waals surface area contributed by atoms with Crippen LogP contribution in [0.4, 0.5) is 10.3 Å². The second-order valence-corrected chi connectivity index (χ2v) is 11.3. The number of imidazole rings is 1. The van der Waals surface area contributed by atoms with Gasteiger partial charge in [0.25, 0.3) is 10.0 Å². The maximum Gasteiger partial charge on any atom is 0.270 e. The van der Waals surface area contributed by atoms with Crippen molar-refractivity contribution in [3.8, 4) is 11.1 Å². The van der Waals surface area contributed by atoms with E-state index in [4.69, 9.17) is 10.5 Å². The fourth-order valence-electron chi connectivity index (χ4n) is 4.44. The average molecular weight is 578 g/mol. The summed E-state index contributed by atoms with van der Waals surface area (Å²) in [5, 5.41) is 0. The largest absolute Gasteiger partial charge is 0.378 e. The van der Waals surface area contributed by atoms with Gasteiger partial charge in [0, 0.05) is 30.8 Å². The number of aromatic nitrogens is 2. The molecule has 1 aliphatic rings. The third-order valence-corrected chi connectivity index (χ3v) is 8.48. The molecule has 0 spiro atoms. The van der Waals surface area contributed by atoms with Crippen molar-refractivity contribution in [3.63, 3.8) is 0 Å². The highest BCUT2D eigenvalue weighted by Crippen LogP contribution is 2.32. The lowest BCUT2D eigenvalue weighted by Crippen LogP contribution is -2.44. The van der Waals surface area contributed by atoms with E-state index < -0.39 is 15.9 Å². The molecule has 1 atom stereocenters. The normalized spacial score (nSPS) is 14.8. The van der Waals surface area contributed by atoms with Crippen LogP contribution in [0.2, 0.25) is 0 Å². The van der Waals surface area contributed by atoms with Crippen molar-refractivity contribution >= 4 is 21.9 Å². The number of nitrogens with two attached hydrogens (primary N) is 1. The monoisotopic (exact) mass is 577 g/mol. The molecule has 0 radical (unpaired) electrons. The summed E-state index contributed by atoms with van der Waals surface area (Å²) in [4.78, 5) is 10.9. The Kier molecular flexibility index (Phi) is 9.57. The van der Waals surface area contributed by atoms with Gasteiger partial charge in [0.2, 0.25) is 5.95 Å². The van der Waals surface area contributed by atoms with Gasteiger partial charge in [-0.25, -0.2) is 21.8 Å². The zero-order chi connectivity index (χ0) is 29.6. The second kappa shape index (κ2) is 13.1. The fraction of sp³-hybridized carbons (Fsp3) is 0.290. The summed E-state index contributed by atoms with van der Waals surface area (Å²) in [6.45, 7) is 9.91. The number of hydrogen-bond donors (Lipinski definition) is 1. The van der Waals surface area contributed by atoms with Gasteiger partial charge in [-0.2, -0.15) is 4.99 Å². The molecule has 1 fully saturated rings. The van der Waals surface area contributed by atoms with Crippen LogP contribution in [0.1, 0.15) is 43.5 Å². The molecule has 0 saturated carbocycles. The molecule has 2 heterocycles. The lowest BCUT2D eigenvalue weighted by molar-refractivity contribution is 0.0675. The van der Waals surface area contributed by atoms with Gasteiger partial charge in [-0.15, -0.1) is 0 Å². The Morgan fingerprint density at radius 3 is 2.32 bits per heavy atom. The summed E-state index contributed by atoms with van der Waals surface area (Å²) in [5.74, 6) is -0.700. The van der Waals surface area contributed by atoms with Crippen molar-refractivity contribution in [1.29, 1.82) is 0 Å². The zero-order valence-electron chi connectivity index (χ0n) is 23.8. The van der Waals surface area contributed by atoms with Crippen LogP contribution in [0.25, 0.3) is 11.1 Å². The highest BCUT2D eigenvalue weighted by Gasteiger charge is 2.26. The summed E-state index contributed by atoms with van der Waals surface area (Å²) in [7, 11) is -4.02. The number of aryl methyl sites for hydroxylation is 1. The van der Waals surface area contributed by atoms with Crippen LogP contribution in [0.15, 0.2) is 88.9 Å². The Labute approximate surface area is 241 Å². The molecule has 1 saturated heterocycles. The number of nitrogens with zero attached hydrogens (tertiary/aromatic N) is 4. The summed E-state index contributed by atoms with van der Waals surface area (Å²) in [6.07, 6.45) is 1.43. The molecule has 0 amide bonds. The van der Waals surface area contributed by atoms with Crippen LogP contribution in [0.5, 0.6) is 0 Å². The number of ether oxygens (including phenoxy) is 1. The first-order valence-electron chi connectivity index (χ1n) is 13.7. The lowest BCUT2D eigenvalue weighted by Gasteiger charge is -2.27. The minimum atomic E-state index is -4.02. The topological polar surface area (TPSA) is 103 Å². The van der Waals surface area contributed by atoms with Gasteiger partial charge in [-0.05, 0) is 36.2 Å². The molecular weight excluding hydrogens is 541 g/mol. The number of aliphatic imine (C=N–C) groups is 1. The smallest absolute Gasteiger partial charge is 0.270 e. The Hall–Kier alpha value is -4.02. The van der Waals surface area contributed by atoms with Crippen LogP contribution < -0.4 is 5.73 Å². The molecule has 216 valence electrons. The Bertz CT molecular complexity index is 1600. The van der Waals surface area contributed by atoms with Crippen molar-refractivity contribution in [3.05, 3.63) is 102 Å². The summed E-state index contributed by atoms with van der Waals surface area (Å²) in [6, 6.07) is 20.7. The second-order valence-electron chi connectivity index (χ2n) is 9.48. The quantitative estimate of drug-likeness (QED) is 0.233. The number of rotatable bonds is 6. The number of morpholine rings is 1. The third-order valence-electron chi connectivity index (χ3n) is 6.82. The Morgan fingerprint density at radius 2 is 1.68 bits per heavy atom. The molecule has 1 aromatic heterocycles. The van der Waals surface area contributed by atoms with E-state index in [1.807, 2.05) is 62.9 Å². The first-order chi connectivity index (χ1) is 19.7. The summed E-state index contributed by atoms with van der Waals surface area (Å²) in [5.41, 5.74) is 9.70. The molecule has 4 aromatic rings. The molecule has 0 bridgehead atoms. The average Bonchev–Trinajstić information content (AvgIpc) is 3.44. The minimum absolute atomic E-state index is 0.0681. The Morgan fingerprint density at radius 1 is 1.02 bits per heavy atom. The first-order valence-corrected chi connectivity index (χ1v) is 15.1. The van der Waals surface area contributed by atoms with E-state index in [9.17, 15) is 8.42 Å². The first kappa shape index (κ1) is 30.0. The van der Waals surface area contributed by atoms with E-state index in [0.29, 0.717) is 43.1 Å². The predicted octanol–water partition coefficient (Wildman–Crippen LogP) is 5.69. The molecule has 3 aromatic carbocycles. The summed E-state index contributed by atoms with van der Waals surface area (Å²) < 4.78 is 48.8. The van der Waals surface area contributed by atoms with Gasteiger partial charge in [0.1, 0.15) is 5.82 Å². The standard InChI is InChI=1S/C29H30FN5O3S.C2H6/c1-20-8-10-22(11-9-20)25-13-12-23(18-26(25)30)21(2)27-19-35(39(36,37)24-6-4-3-5-7-24)29(32-27)33-28(31)34-14-16-38-17-15-34;1-2/h3-13,18-19,21H,14-17H2,1-2H3,(H2,31,32,33);1-2H3. The van der Waals surface area contributed by atoms with Gasteiger partial charge in [0.15, 0.2) is 5.96 Å². The van der Waals surface area contributed by atoms with E-state index in [-0.39, 0.29) is 22.6 Å². The van der Waals surface area contributed by atoms with Crippen LogP contribution >= 0.6 is 0 Å². The molecule has 10 heteroatoms. The van der Waals surface area contributed by atoms with Crippen LogP contribution in [-0.2, 0) is 14.8 Å². The number of halogens is 1. The van der Waals surface area contributed by atoms with Crippen molar-refractivity contribution in [2.75, 3.05) is 26.3 Å². The molecule has 8 nitrogen and oxygen atoms in total. The van der Waals surface area contributed by atoms with E-state index in [2.05, 4.69) is 9.98 Å². The van der Waals surface area contributed by atoms with Crippen LogP contribution in [-0.4, -0.2) is 54.5 Å². The van der Waals surface area contributed by atoms with Gasteiger partial charge >= 0.3 is 0 Å². The van der Waals surface area contributed by atoms with Crippen molar-refractivity contribution in [2.45, 2.75) is 38.5 Å². The Balaban J connectivity index is 0.00000189. The zero-order valence-corrected chi connectivity index (χ0v) is 24.6. The van der Waals surface area contributed by atoms with E-state index in [1.54, 1.807) is 24.3 Å². The van der Waals surface area contributed by atoms with E-state index >= 15 is 4.39 Å². The lowest BCUT2D eigenvalue weighted by atomic mass is 9.95. The molecule has 2 N–H and O–H groups in total. The maximum atomic E-state index is 15.2. The molecule has 5 rings (SSSR count). The highest BCUT2D eigenvalue weighted by molar-refractivity contribution is 7.90. The SMILES string of the molecule is CC.Cc1ccc(-c2ccc(C(C)c3cn(S(=O)(=O)c4ccccc4)c(/N=C(\N)N4CCOCC4)n3)cc2F)cc1. The molecule has 1 aliphatic heterocycles. The van der Waals surface area contributed by atoms with Crippen molar-refractivity contribution < 1.29 is 17.5 Å².